The van der Waals surface area contributed by atoms with Gasteiger partial charge in [-0.05, 0) is 69.0 Å². The fourth-order valence-electron chi connectivity index (χ4n) is 3.02. The maximum Gasteiger partial charge on any atom is 0.258 e. The lowest BCUT2D eigenvalue weighted by Gasteiger charge is -2.13. The Labute approximate surface area is 159 Å². The molecule has 0 unspecified atom stereocenters. The molecule has 0 fully saturated rings. The summed E-state index contributed by atoms with van der Waals surface area (Å²) in [7, 11) is 0. The topological polar surface area (TPSA) is 66.9 Å². The molecule has 0 atom stereocenters. The van der Waals surface area contributed by atoms with Gasteiger partial charge in [0.2, 0.25) is 5.95 Å². The lowest BCUT2D eigenvalue weighted by atomic mass is 10.1. The fourth-order valence-corrected chi connectivity index (χ4v) is 3.02. The molecule has 3 aromatic rings. The first-order valence-corrected chi connectivity index (χ1v) is 8.89. The van der Waals surface area contributed by atoms with E-state index in [9.17, 15) is 4.79 Å². The largest absolute Gasteiger partial charge is 0.324 e. The standard InChI is InChI=1S/C22H24N4O/c1-13-8-16(4)20(17(5)9-13)26-22-23-11-18(12-24-22)21(27)25-19-7-6-14(2)15(3)10-19/h6-12H,1-5H3,(H,25,27)(H,23,24,26). The van der Waals surface area contributed by atoms with Gasteiger partial charge in [-0.25, -0.2) is 9.97 Å². The van der Waals surface area contributed by atoms with Crippen molar-refractivity contribution in [1.82, 2.24) is 9.97 Å². The van der Waals surface area contributed by atoms with Crippen molar-refractivity contribution in [3.05, 3.63) is 76.1 Å². The lowest BCUT2D eigenvalue weighted by Crippen LogP contribution is -2.13. The third-order valence-electron chi connectivity index (χ3n) is 4.59. The second kappa shape index (κ2) is 7.58. The van der Waals surface area contributed by atoms with Crippen molar-refractivity contribution in [2.75, 3.05) is 10.6 Å². The predicted octanol–water partition coefficient (Wildman–Crippen LogP) is 5.01. The van der Waals surface area contributed by atoms with Gasteiger partial charge < -0.3 is 10.6 Å². The van der Waals surface area contributed by atoms with E-state index in [1.165, 1.54) is 23.5 Å². The molecule has 1 heterocycles. The molecule has 138 valence electrons. The molecule has 2 N–H and O–H groups in total. The number of aryl methyl sites for hydroxylation is 5. The van der Waals surface area contributed by atoms with Gasteiger partial charge in [0.25, 0.3) is 5.91 Å². The molecule has 0 aliphatic rings. The average molecular weight is 360 g/mol. The van der Waals surface area contributed by atoms with Crippen LogP contribution in [-0.4, -0.2) is 15.9 Å². The van der Waals surface area contributed by atoms with Crippen molar-refractivity contribution in [1.29, 1.82) is 0 Å². The SMILES string of the molecule is Cc1cc(C)c(Nc2ncc(C(=O)Nc3ccc(C)c(C)c3)cn2)c(C)c1. The van der Waals surface area contributed by atoms with Crippen LogP contribution in [0.3, 0.4) is 0 Å². The highest BCUT2D eigenvalue weighted by molar-refractivity contribution is 6.04. The molecule has 0 saturated carbocycles. The van der Waals surface area contributed by atoms with Gasteiger partial charge in [0.05, 0.1) is 5.56 Å². The maximum absolute atomic E-state index is 12.4. The van der Waals surface area contributed by atoms with E-state index in [-0.39, 0.29) is 5.91 Å². The summed E-state index contributed by atoms with van der Waals surface area (Å²) in [5.74, 6) is 0.236. The number of carbonyl (C=O) groups is 1. The van der Waals surface area contributed by atoms with E-state index in [2.05, 4.69) is 39.7 Å². The van der Waals surface area contributed by atoms with Gasteiger partial charge in [-0.3, -0.25) is 4.79 Å². The summed E-state index contributed by atoms with van der Waals surface area (Å²) in [6.45, 7) is 10.2. The van der Waals surface area contributed by atoms with Crippen LogP contribution in [0.5, 0.6) is 0 Å². The number of anilines is 3. The molecule has 0 bridgehead atoms. The molecule has 2 aromatic carbocycles. The molecule has 0 aliphatic heterocycles. The summed E-state index contributed by atoms with van der Waals surface area (Å²) in [6, 6.07) is 10.1. The first kappa shape index (κ1) is 18.6. The van der Waals surface area contributed by atoms with Crippen LogP contribution in [0.15, 0.2) is 42.7 Å². The Balaban J connectivity index is 1.73. The van der Waals surface area contributed by atoms with E-state index >= 15 is 0 Å². The van der Waals surface area contributed by atoms with Gasteiger partial charge >= 0.3 is 0 Å². The Morgan fingerprint density at radius 3 is 2.04 bits per heavy atom. The number of amides is 1. The normalized spacial score (nSPS) is 10.6. The number of aromatic nitrogens is 2. The number of rotatable bonds is 4. The first-order chi connectivity index (χ1) is 12.8. The average Bonchev–Trinajstić information content (AvgIpc) is 2.61. The number of benzene rings is 2. The summed E-state index contributed by atoms with van der Waals surface area (Å²) in [4.78, 5) is 21.0. The minimum Gasteiger partial charge on any atom is -0.324 e. The molecule has 1 amide bonds. The smallest absolute Gasteiger partial charge is 0.258 e. The van der Waals surface area contributed by atoms with E-state index in [1.54, 1.807) is 0 Å². The van der Waals surface area contributed by atoms with Gasteiger partial charge in [0, 0.05) is 23.8 Å². The number of hydrogen-bond donors (Lipinski definition) is 2. The van der Waals surface area contributed by atoms with Crippen molar-refractivity contribution < 1.29 is 4.79 Å². The number of hydrogen-bond acceptors (Lipinski definition) is 4. The van der Waals surface area contributed by atoms with Crippen molar-refractivity contribution in [3.63, 3.8) is 0 Å². The van der Waals surface area contributed by atoms with Crippen LogP contribution in [0, 0.1) is 34.6 Å². The summed E-state index contributed by atoms with van der Waals surface area (Å²) >= 11 is 0. The zero-order valence-corrected chi connectivity index (χ0v) is 16.3. The van der Waals surface area contributed by atoms with Gasteiger partial charge in [0.1, 0.15) is 0 Å². The minimum atomic E-state index is -0.229. The van der Waals surface area contributed by atoms with Crippen LogP contribution < -0.4 is 10.6 Å². The zero-order chi connectivity index (χ0) is 19.6. The predicted molar refractivity (Wildman–Crippen MR) is 110 cm³/mol. The maximum atomic E-state index is 12.4. The summed E-state index contributed by atoms with van der Waals surface area (Å²) in [6.07, 6.45) is 3.06. The Kier molecular flexibility index (Phi) is 5.21. The monoisotopic (exact) mass is 360 g/mol. The van der Waals surface area contributed by atoms with Crippen LogP contribution in [0.2, 0.25) is 0 Å². The fraction of sp³-hybridized carbons (Fsp3) is 0.227. The highest BCUT2D eigenvalue weighted by Crippen LogP contribution is 2.24. The number of nitrogens with zero attached hydrogens (tertiary/aromatic N) is 2. The van der Waals surface area contributed by atoms with E-state index in [0.717, 1.165) is 28.1 Å². The van der Waals surface area contributed by atoms with Crippen LogP contribution in [0.25, 0.3) is 0 Å². The van der Waals surface area contributed by atoms with Crippen LogP contribution >= 0.6 is 0 Å². The second-order valence-electron chi connectivity index (χ2n) is 6.95. The summed E-state index contributed by atoms with van der Waals surface area (Å²) in [5.41, 5.74) is 7.97. The van der Waals surface area contributed by atoms with Crippen molar-refractivity contribution in [2.24, 2.45) is 0 Å². The highest BCUT2D eigenvalue weighted by atomic mass is 16.1. The molecule has 5 nitrogen and oxygen atoms in total. The van der Waals surface area contributed by atoms with Gasteiger partial charge in [-0.1, -0.05) is 23.8 Å². The molecule has 0 aliphatic carbocycles. The first-order valence-electron chi connectivity index (χ1n) is 8.89. The van der Waals surface area contributed by atoms with Crippen LogP contribution in [0.4, 0.5) is 17.3 Å². The zero-order valence-electron chi connectivity index (χ0n) is 16.3. The Hall–Kier alpha value is -3.21. The minimum absolute atomic E-state index is 0.229. The molecule has 1 aromatic heterocycles. The third-order valence-corrected chi connectivity index (χ3v) is 4.59. The molecular formula is C22H24N4O. The number of carbonyl (C=O) groups excluding carboxylic acids is 1. The molecule has 0 saturated heterocycles. The van der Waals surface area contributed by atoms with Crippen LogP contribution in [-0.2, 0) is 0 Å². The Morgan fingerprint density at radius 2 is 1.44 bits per heavy atom. The Bertz CT molecular complexity index is 971. The van der Waals surface area contributed by atoms with E-state index < -0.39 is 0 Å². The molecule has 3 rings (SSSR count). The van der Waals surface area contributed by atoms with Gasteiger partial charge in [0.15, 0.2) is 0 Å². The molecule has 27 heavy (non-hydrogen) atoms. The molecule has 0 spiro atoms. The second-order valence-corrected chi connectivity index (χ2v) is 6.95. The number of nitrogens with one attached hydrogen (secondary N) is 2. The Morgan fingerprint density at radius 1 is 0.815 bits per heavy atom. The highest BCUT2D eigenvalue weighted by Gasteiger charge is 2.10. The van der Waals surface area contributed by atoms with Crippen molar-refractivity contribution in [3.8, 4) is 0 Å². The van der Waals surface area contributed by atoms with Crippen LogP contribution in [0.1, 0.15) is 38.2 Å². The van der Waals surface area contributed by atoms with E-state index in [1.807, 2.05) is 45.9 Å². The van der Waals surface area contributed by atoms with E-state index in [0.29, 0.717) is 11.5 Å². The molecule has 0 radical (unpaired) electrons. The van der Waals surface area contributed by atoms with Crippen molar-refractivity contribution in [2.45, 2.75) is 34.6 Å². The summed E-state index contributed by atoms with van der Waals surface area (Å²) < 4.78 is 0. The lowest BCUT2D eigenvalue weighted by molar-refractivity contribution is 0.102. The van der Waals surface area contributed by atoms with E-state index in [4.69, 9.17) is 0 Å². The third kappa shape index (κ3) is 4.31. The van der Waals surface area contributed by atoms with Gasteiger partial charge in [-0.2, -0.15) is 0 Å². The molecule has 5 heteroatoms. The summed E-state index contributed by atoms with van der Waals surface area (Å²) in [5, 5.41) is 6.12. The molecular weight excluding hydrogens is 336 g/mol. The van der Waals surface area contributed by atoms with Crippen molar-refractivity contribution >= 4 is 23.2 Å². The quantitative estimate of drug-likeness (QED) is 0.686. The van der Waals surface area contributed by atoms with Gasteiger partial charge in [-0.15, -0.1) is 0 Å².